The fraction of sp³-hybridized carbons (Fsp3) is 0.550. The number of benzene rings is 1. The third kappa shape index (κ3) is 3.88. The van der Waals surface area contributed by atoms with Gasteiger partial charge in [-0.2, -0.15) is 0 Å². The van der Waals surface area contributed by atoms with Gasteiger partial charge in [-0.05, 0) is 56.2 Å². The first-order chi connectivity index (χ1) is 12.7. The smallest absolute Gasteiger partial charge is 0.325 e. The highest BCUT2D eigenvalue weighted by Gasteiger charge is 2.49. The molecule has 1 N–H and O–H groups in total. The molecule has 1 atom stereocenters. The third-order valence-corrected chi connectivity index (χ3v) is 6.39. The molecule has 1 heterocycles. The molecule has 1 aliphatic heterocycles. The van der Waals surface area contributed by atoms with Crippen molar-refractivity contribution in [2.45, 2.75) is 51.1 Å². The molecule has 1 aromatic rings. The molecule has 0 bridgehead atoms. The summed E-state index contributed by atoms with van der Waals surface area (Å²) in [5, 5.41) is 2.75. The molecule has 0 unspecified atom stereocenters. The van der Waals surface area contributed by atoms with E-state index in [0.29, 0.717) is 11.5 Å². The molecular formula is C20H26BrN3O3. The van der Waals surface area contributed by atoms with Crippen molar-refractivity contribution in [1.82, 2.24) is 15.1 Å². The molecule has 1 saturated carbocycles. The molecule has 3 rings (SSSR count). The van der Waals surface area contributed by atoms with Crippen LogP contribution in [0.5, 0.6) is 0 Å². The molecule has 27 heavy (non-hydrogen) atoms. The van der Waals surface area contributed by atoms with E-state index in [9.17, 15) is 14.4 Å². The lowest BCUT2D eigenvalue weighted by molar-refractivity contribution is -0.139. The van der Waals surface area contributed by atoms with Crippen molar-refractivity contribution in [1.29, 1.82) is 0 Å². The Morgan fingerprint density at radius 3 is 2.59 bits per heavy atom. The first-order valence-electron chi connectivity index (χ1n) is 9.38. The number of carbonyl (C=O) groups excluding carboxylic acids is 3. The van der Waals surface area contributed by atoms with Gasteiger partial charge in [0.15, 0.2) is 0 Å². The van der Waals surface area contributed by atoms with Crippen LogP contribution in [0.1, 0.15) is 45.1 Å². The van der Waals surface area contributed by atoms with E-state index in [2.05, 4.69) is 28.2 Å². The number of likely N-dealkylation sites (N-methyl/N-ethyl adjacent to an activating group) is 1. The molecule has 146 valence electrons. The summed E-state index contributed by atoms with van der Waals surface area (Å²) in [7, 11) is 1.77. The summed E-state index contributed by atoms with van der Waals surface area (Å²) in [6, 6.07) is 6.93. The SMILES string of the molecule is CC1CCC(N(C)C(=O)CN2C(=O)N[C@](C)(c3cccc(Br)c3)C2=O)CC1. The fourth-order valence-corrected chi connectivity index (χ4v) is 4.32. The maximum Gasteiger partial charge on any atom is 0.325 e. The van der Waals surface area contributed by atoms with E-state index < -0.39 is 17.5 Å². The quantitative estimate of drug-likeness (QED) is 0.737. The molecule has 2 aliphatic rings. The van der Waals surface area contributed by atoms with Gasteiger partial charge in [-0.3, -0.25) is 14.5 Å². The van der Waals surface area contributed by atoms with Crippen LogP contribution in [-0.2, 0) is 15.1 Å². The van der Waals surface area contributed by atoms with Gasteiger partial charge in [0.05, 0.1) is 0 Å². The van der Waals surface area contributed by atoms with Gasteiger partial charge < -0.3 is 10.2 Å². The number of hydrogen-bond acceptors (Lipinski definition) is 3. The second-order valence-electron chi connectivity index (χ2n) is 7.88. The highest BCUT2D eigenvalue weighted by Crippen LogP contribution is 2.31. The number of urea groups is 1. The third-order valence-electron chi connectivity index (χ3n) is 5.90. The Balaban J connectivity index is 1.71. The minimum absolute atomic E-state index is 0.186. The van der Waals surface area contributed by atoms with Crippen LogP contribution < -0.4 is 5.32 Å². The first kappa shape index (κ1) is 19.9. The standard InChI is InChI=1S/C20H26BrN3O3/c1-13-7-9-16(10-8-13)23(3)17(25)12-24-18(26)20(2,22-19(24)27)14-5-4-6-15(21)11-14/h4-6,11,13,16H,7-10,12H2,1-3H3,(H,22,27)/t13?,16?,20-/m1/s1. The van der Waals surface area contributed by atoms with E-state index in [1.54, 1.807) is 31.0 Å². The Morgan fingerprint density at radius 1 is 1.30 bits per heavy atom. The molecule has 4 amide bonds. The maximum atomic E-state index is 13.0. The van der Waals surface area contributed by atoms with Crippen LogP contribution in [0, 0.1) is 5.92 Å². The number of nitrogens with zero attached hydrogens (tertiary/aromatic N) is 2. The van der Waals surface area contributed by atoms with Gasteiger partial charge in [-0.15, -0.1) is 0 Å². The summed E-state index contributed by atoms with van der Waals surface area (Å²) in [4.78, 5) is 40.9. The van der Waals surface area contributed by atoms with Gasteiger partial charge in [0, 0.05) is 17.6 Å². The Kier molecular flexibility index (Phi) is 5.60. The number of carbonyl (C=O) groups is 3. The summed E-state index contributed by atoms with van der Waals surface area (Å²) < 4.78 is 0.823. The predicted octanol–water partition coefficient (Wildman–Crippen LogP) is 3.25. The van der Waals surface area contributed by atoms with Crippen LogP contribution in [0.2, 0.25) is 0 Å². The Bertz CT molecular complexity index is 761. The van der Waals surface area contributed by atoms with Gasteiger partial charge in [0.2, 0.25) is 5.91 Å². The van der Waals surface area contributed by atoms with E-state index in [4.69, 9.17) is 0 Å². The number of hydrogen-bond donors (Lipinski definition) is 1. The van der Waals surface area contributed by atoms with Gasteiger partial charge >= 0.3 is 6.03 Å². The predicted molar refractivity (Wildman–Crippen MR) is 106 cm³/mol. The van der Waals surface area contributed by atoms with Gasteiger partial charge in [0.25, 0.3) is 5.91 Å². The van der Waals surface area contributed by atoms with Crippen LogP contribution in [-0.4, -0.2) is 47.3 Å². The summed E-state index contributed by atoms with van der Waals surface area (Å²) in [6.45, 7) is 3.68. The lowest BCUT2D eigenvalue weighted by atomic mass is 9.87. The Hall–Kier alpha value is -1.89. The monoisotopic (exact) mass is 435 g/mol. The van der Waals surface area contributed by atoms with Crippen LogP contribution >= 0.6 is 15.9 Å². The largest absolute Gasteiger partial charge is 0.341 e. The minimum atomic E-state index is -1.17. The summed E-state index contributed by atoms with van der Waals surface area (Å²) in [5.74, 6) is 0.0998. The van der Waals surface area contributed by atoms with Crippen LogP contribution in [0.15, 0.2) is 28.7 Å². The van der Waals surface area contributed by atoms with E-state index in [1.807, 2.05) is 12.1 Å². The number of halogens is 1. The topological polar surface area (TPSA) is 69.7 Å². The highest BCUT2D eigenvalue weighted by molar-refractivity contribution is 9.10. The van der Waals surface area contributed by atoms with Crippen LogP contribution in [0.4, 0.5) is 4.79 Å². The van der Waals surface area contributed by atoms with E-state index in [0.717, 1.165) is 35.1 Å². The molecule has 1 aliphatic carbocycles. The van der Waals surface area contributed by atoms with Crippen molar-refractivity contribution in [3.05, 3.63) is 34.3 Å². The molecule has 2 fully saturated rings. The zero-order valence-corrected chi connectivity index (χ0v) is 17.6. The molecule has 0 spiro atoms. The average molecular weight is 436 g/mol. The van der Waals surface area contributed by atoms with Crippen molar-refractivity contribution in [3.8, 4) is 0 Å². The molecular weight excluding hydrogens is 410 g/mol. The summed E-state index contributed by atoms with van der Waals surface area (Å²) >= 11 is 3.39. The van der Waals surface area contributed by atoms with Crippen molar-refractivity contribution < 1.29 is 14.4 Å². The first-order valence-corrected chi connectivity index (χ1v) is 10.2. The van der Waals surface area contributed by atoms with E-state index >= 15 is 0 Å². The van der Waals surface area contributed by atoms with Crippen molar-refractivity contribution in [3.63, 3.8) is 0 Å². The van der Waals surface area contributed by atoms with Gasteiger partial charge in [0.1, 0.15) is 12.1 Å². The summed E-state index contributed by atoms with van der Waals surface area (Å²) in [6.07, 6.45) is 4.15. The lowest BCUT2D eigenvalue weighted by Crippen LogP contribution is -2.47. The molecule has 6 nitrogen and oxygen atoms in total. The van der Waals surface area contributed by atoms with Crippen molar-refractivity contribution in [2.75, 3.05) is 13.6 Å². The average Bonchev–Trinajstić information content (AvgIpc) is 2.86. The maximum absolute atomic E-state index is 13.0. The van der Waals surface area contributed by atoms with Gasteiger partial charge in [-0.1, -0.05) is 35.0 Å². The number of imide groups is 1. The van der Waals surface area contributed by atoms with Crippen molar-refractivity contribution in [2.24, 2.45) is 5.92 Å². The second kappa shape index (κ2) is 7.62. The van der Waals surface area contributed by atoms with Crippen LogP contribution in [0.25, 0.3) is 0 Å². The zero-order chi connectivity index (χ0) is 19.8. The Morgan fingerprint density at radius 2 is 1.96 bits per heavy atom. The number of nitrogens with one attached hydrogen (secondary N) is 1. The molecule has 1 aromatic carbocycles. The number of amides is 4. The van der Waals surface area contributed by atoms with E-state index in [1.165, 1.54) is 0 Å². The minimum Gasteiger partial charge on any atom is -0.341 e. The highest BCUT2D eigenvalue weighted by atomic mass is 79.9. The number of rotatable bonds is 4. The zero-order valence-electron chi connectivity index (χ0n) is 16.0. The molecule has 0 aromatic heterocycles. The lowest BCUT2D eigenvalue weighted by Gasteiger charge is -2.34. The second-order valence-corrected chi connectivity index (χ2v) is 8.79. The molecule has 0 radical (unpaired) electrons. The Labute approximate surface area is 168 Å². The molecule has 1 saturated heterocycles. The van der Waals surface area contributed by atoms with Gasteiger partial charge in [-0.25, -0.2) is 4.79 Å². The van der Waals surface area contributed by atoms with E-state index in [-0.39, 0.29) is 18.5 Å². The van der Waals surface area contributed by atoms with Crippen molar-refractivity contribution >= 4 is 33.8 Å². The fourth-order valence-electron chi connectivity index (χ4n) is 3.92. The summed E-state index contributed by atoms with van der Waals surface area (Å²) in [5.41, 5.74) is -0.486. The normalized spacial score (nSPS) is 28.2. The van der Waals surface area contributed by atoms with Crippen LogP contribution in [0.3, 0.4) is 0 Å². The molecule has 7 heteroatoms.